The van der Waals surface area contributed by atoms with Crippen LogP contribution in [0.2, 0.25) is 0 Å². The van der Waals surface area contributed by atoms with Crippen LogP contribution in [0.3, 0.4) is 0 Å². The monoisotopic (exact) mass is 257 g/mol. The highest BCUT2D eigenvalue weighted by molar-refractivity contribution is 7.89. The van der Waals surface area contributed by atoms with E-state index in [1.165, 1.54) is 7.11 Å². The van der Waals surface area contributed by atoms with Gasteiger partial charge in [0.2, 0.25) is 10.0 Å². The maximum absolute atomic E-state index is 11.2. The average Bonchev–Trinajstić information content (AvgIpc) is 2.25. The number of nitrogens with two attached hydrogens (primary N) is 1. The van der Waals surface area contributed by atoms with Gasteiger partial charge in [-0.1, -0.05) is 0 Å². The first-order chi connectivity index (χ1) is 7.81. The smallest absolute Gasteiger partial charge is 0.312 e. The molecule has 1 rings (SSSR count). The Morgan fingerprint density at radius 3 is 2.47 bits per heavy atom. The van der Waals surface area contributed by atoms with Gasteiger partial charge in [0.15, 0.2) is 5.75 Å². The Morgan fingerprint density at radius 2 is 2.12 bits per heavy atom. The lowest BCUT2D eigenvalue weighted by atomic mass is 10.2. The fourth-order valence-corrected chi connectivity index (χ4v) is 1.87. The molecular weight excluding hydrogens is 250 g/mol. The Hall–Kier alpha value is -2.18. The molecule has 90 valence electrons. The second kappa shape index (κ2) is 4.36. The summed E-state index contributed by atoms with van der Waals surface area (Å²) in [7, 11) is -3.04. The molecule has 0 aromatic heterocycles. The number of hydrogen-bond donors (Lipinski definition) is 1. The van der Waals surface area contributed by atoms with Crippen molar-refractivity contribution in [3.63, 3.8) is 0 Å². The van der Waals surface area contributed by atoms with E-state index in [2.05, 4.69) is 4.74 Å². The van der Waals surface area contributed by atoms with Crippen molar-refractivity contribution >= 4 is 15.7 Å². The van der Waals surface area contributed by atoms with Crippen LogP contribution in [0, 0.1) is 21.4 Å². The SMILES string of the molecule is COc1cc(C#N)c(S(N)(=O)=O)cc1[N+](=O)[O-]. The Balaban J connectivity index is 3.70. The van der Waals surface area contributed by atoms with Gasteiger partial charge in [0.1, 0.15) is 11.0 Å². The van der Waals surface area contributed by atoms with E-state index in [9.17, 15) is 18.5 Å². The molecule has 0 saturated carbocycles. The molecule has 0 unspecified atom stereocenters. The van der Waals surface area contributed by atoms with Gasteiger partial charge in [-0.2, -0.15) is 5.26 Å². The number of nitro groups is 1. The Bertz CT molecular complexity index is 617. The van der Waals surface area contributed by atoms with Crippen molar-refractivity contribution in [2.75, 3.05) is 7.11 Å². The summed E-state index contributed by atoms with van der Waals surface area (Å²) >= 11 is 0. The van der Waals surface area contributed by atoms with Gasteiger partial charge in [-0.05, 0) is 0 Å². The standard InChI is InChI=1S/C8H7N3O5S/c1-16-7-2-5(4-9)8(17(10,14)15)3-6(7)11(12)13/h2-3H,1H3,(H2,10,14,15). The van der Waals surface area contributed by atoms with Crippen molar-refractivity contribution in [1.82, 2.24) is 0 Å². The molecule has 0 spiro atoms. The van der Waals surface area contributed by atoms with E-state index in [-0.39, 0.29) is 11.3 Å². The topological polar surface area (TPSA) is 136 Å². The van der Waals surface area contributed by atoms with Crippen LogP contribution in [0.15, 0.2) is 17.0 Å². The fraction of sp³-hybridized carbons (Fsp3) is 0.125. The van der Waals surface area contributed by atoms with E-state index in [1.807, 2.05) is 0 Å². The second-order valence-electron chi connectivity index (χ2n) is 2.93. The average molecular weight is 257 g/mol. The Kier molecular flexibility index (Phi) is 3.31. The number of rotatable bonds is 3. The van der Waals surface area contributed by atoms with Gasteiger partial charge in [-0.15, -0.1) is 0 Å². The van der Waals surface area contributed by atoms with E-state index >= 15 is 0 Å². The second-order valence-corrected chi connectivity index (χ2v) is 4.46. The van der Waals surface area contributed by atoms with Crippen LogP contribution in [0.5, 0.6) is 5.75 Å². The number of nitrogens with zero attached hydrogens (tertiary/aromatic N) is 2. The van der Waals surface area contributed by atoms with E-state index in [1.54, 1.807) is 6.07 Å². The summed E-state index contributed by atoms with van der Waals surface area (Å²) in [5.41, 5.74) is -0.884. The number of nitriles is 1. The lowest BCUT2D eigenvalue weighted by molar-refractivity contribution is -0.386. The molecule has 17 heavy (non-hydrogen) atoms. The van der Waals surface area contributed by atoms with Gasteiger partial charge in [0.05, 0.1) is 17.6 Å². The molecule has 0 saturated heterocycles. The molecule has 0 aliphatic rings. The Labute approximate surface area is 96.4 Å². The summed E-state index contributed by atoms with van der Waals surface area (Å²) in [6, 6.07) is 3.24. The van der Waals surface area contributed by atoms with Crippen LogP contribution < -0.4 is 9.88 Å². The highest BCUT2D eigenvalue weighted by Gasteiger charge is 2.24. The quantitative estimate of drug-likeness (QED) is 0.603. The predicted octanol–water partition coefficient (Wildman–Crippen LogP) is 0.122. The molecule has 0 bridgehead atoms. The molecule has 1 aromatic carbocycles. The van der Waals surface area contributed by atoms with Crippen molar-refractivity contribution in [2.24, 2.45) is 5.14 Å². The van der Waals surface area contributed by atoms with Crippen molar-refractivity contribution in [3.05, 3.63) is 27.8 Å². The van der Waals surface area contributed by atoms with Gasteiger partial charge in [-0.3, -0.25) is 10.1 Å². The van der Waals surface area contributed by atoms with E-state index in [0.29, 0.717) is 6.07 Å². The number of hydrogen-bond acceptors (Lipinski definition) is 6. The molecule has 0 aliphatic carbocycles. The molecule has 1 aromatic rings. The van der Waals surface area contributed by atoms with Crippen molar-refractivity contribution in [1.29, 1.82) is 5.26 Å². The minimum Gasteiger partial charge on any atom is -0.490 e. The van der Waals surface area contributed by atoms with Crippen molar-refractivity contribution in [2.45, 2.75) is 4.90 Å². The number of methoxy groups -OCH3 is 1. The molecule has 0 heterocycles. The molecule has 0 amide bonds. The molecule has 8 nitrogen and oxygen atoms in total. The Morgan fingerprint density at radius 1 is 1.53 bits per heavy atom. The number of sulfonamides is 1. The van der Waals surface area contributed by atoms with Crippen LogP contribution in [0.1, 0.15) is 5.56 Å². The molecule has 0 atom stereocenters. The maximum atomic E-state index is 11.2. The largest absolute Gasteiger partial charge is 0.490 e. The molecular formula is C8H7N3O5S. The molecule has 0 fully saturated rings. The zero-order valence-electron chi connectivity index (χ0n) is 8.58. The first kappa shape index (κ1) is 12.9. The van der Waals surface area contributed by atoms with Crippen LogP contribution >= 0.6 is 0 Å². The van der Waals surface area contributed by atoms with Crippen LogP contribution in [0.25, 0.3) is 0 Å². The minimum absolute atomic E-state index is 0.209. The van der Waals surface area contributed by atoms with E-state index < -0.39 is 25.5 Å². The van der Waals surface area contributed by atoms with Gasteiger partial charge in [0.25, 0.3) is 0 Å². The lowest BCUT2D eigenvalue weighted by Crippen LogP contribution is -2.14. The van der Waals surface area contributed by atoms with Gasteiger partial charge in [-0.25, -0.2) is 13.6 Å². The summed E-state index contributed by atoms with van der Waals surface area (Å²) in [5.74, 6) is -0.209. The first-order valence-electron chi connectivity index (χ1n) is 4.10. The third kappa shape index (κ3) is 2.49. The van der Waals surface area contributed by atoms with Crippen molar-refractivity contribution < 1.29 is 18.1 Å². The summed E-state index contributed by atoms with van der Waals surface area (Å²) < 4.78 is 27.0. The molecule has 0 radical (unpaired) electrons. The molecule has 0 aliphatic heterocycles. The third-order valence-corrected chi connectivity index (χ3v) is 2.86. The summed E-state index contributed by atoms with van der Waals surface area (Å²) in [4.78, 5) is 9.24. The normalized spacial score (nSPS) is 10.6. The van der Waals surface area contributed by atoms with Crippen LogP contribution in [-0.2, 0) is 10.0 Å². The van der Waals surface area contributed by atoms with Crippen molar-refractivity contribution in [3.8, 4) is 11.8 Å². The summed E-state index contributed by atoms with van der Waals surface area (Å²) in [5, 5.41) is 24.3. The number of primary sulfonamides is 1. The molecule has 9 heteroatoms. The van der Waals surface area contributed by atoms with Gasteiger partial charge < -0.3 is 4.74 Å². The number of nitro benzene ring substituents is 1. The zero-order chi connectivity index (χ0) is 13.2. The number of benzene rings is 1. The highest BCUT2D eigenvalue weighted by atomic mass is 32.2. The summed E-state index contributed by atoms with van der Waals surface area (Å²) in [6.07, 6.45) is 0. The predicted molar refractivity (Wildman–Crippen MR) is 55.7 cm³/mol. The zero-order valence-corrected chi connectivity index (χ0v) is 9.39. The van der Waals surface area contributed by atoms with E-state index in [4.69, 9.17) is 10.4 Å². The number of ether oxygens (including phenoxy) is 1. The minimum atomic E-state index is -4.21. The van der Waals surface area contributed by atoms with Crippen LogP contribution in [0.4, 0.5) is 5.69 Å². The fourth-order valence-electron chi connectivity index (χ4n) is 1.18. The maximum Gasteiger partial charge on any atom is 0.312 e. The molecule has 2 N–H and O–H groups in total. The van der Waals surface area contributed by atoms with Gasteiger partial charge in [0, 0.05) is 12.1 Å². The van der Waals surface area contributed by atoms with Gasteiger partial charge >= 0.3 is 5.69 Å². The van der Waals surface area contributed by atoms with E-state index in [0.717, 1.165) is 6.07 Å². The summed E-state index contributed by atoms with van der Waals surface area (Å²) in [6.45, 7) is 0. The lowest BCUT2D eigenvalue weighted by Gasteiger charge is -2.05. The first-order valence-corrected chi connectivity index (χ1v) is 5.65. The highest BCUT2D eigenvalue weighted by Crippen LogP contribution is 2.31. The third-order valence-electron chi connectivity index (χ3n) is 1.90. The van der Waals surface area contributed by atoms with Crippen LogP contribution in [-0.4, -0.2) is 20.5 Å².